The number of rotatable bonds is 6. The van der Waals surface area contributed by atoms with Crippen LogP contribution in [0.1, 0.15) is 60.3 Å². The van der Waals surface area contributed by atoms with E-state index in [1.54, 1.807) is 0 Å². The second-order valence-electron chi connectivity index (χ2n) is 5.66. The molecule has 5 nitrogen and oxygen atoms in total. The quantitative estimate of drug-likeness (QED) is 0.763. The number of aliphatic hydroxyl groups excluding tert-OH is 1. The zero-order chi connectivity index (χ0) is 15.1. The topological polar surface area (TPSA) is 82.7 Å². The van der Waals surface area contributed by atoms with E-state index in [1.807, 2.05) is 20.8 Å². The van der Waals surface area contributed by atoms with E-state index in [4.69, 9.17) is 14.2 Å². The first-order valence-electron chi connectivity index (χ1n) is 8.20. The number of hydrogen-bond donors (Lipinski definition) is 1. The highest BCUT2D eigenvalue weighted by molar-refractivity contribution is 4.79. The third-order valence-electron chi connectivity index (χ3n) is 4.01. The molecule has 0 aromatic heterocycles. The van der Waals surface area contributed by atoms with Gasteiger partial charge < -0.3 is 24.8 Å². The van der Waals surface area contributed by atoms with E-state index in [0.29, 0.717) is 12.0 Å². The highest BCUT2D eigenvalue weighted by atomic mass is 16.7. The van der Waals surface area contributed by atoms with Crippen molar-refractivity contribution in [1.29, 1.82) is 0 Å². The van der Waals surface area contributed by atoms with Gasteiger partial charge in [0.15, 0.2) is 6.29 Å². The largest absolute Gasteiger partial charge is 0.412 e. The van der Waals surface area contributed by atoms with Crippen molar-refractivity contribution in [2.24, 2.45) is 5.92 Å². The maximum atomic E-state index is 9.82. The Labute approximate surface area is 129 Å². The summed E-state index contributed by atoms with van der Waals surface area (Å²) in [5.41, 5.74) is 0. The molecule has 0 saturated carbocycles. The van der Waals surface area contributed by atoms with E-state index in [9.17, 15) is 5.11 Å². The third kappa shape index (κ3) is 7.06. The first-order valence-corrected chi connectivity index (χ1v) is 8.20. The predicted molar refractivity (Wildman–Crippen MR) is 83.2 cm³/mol. The molecule has 1 unspecified atom stereocenters. The minimum absolute atomic E-state index is 0. The fraction of sp³-hybridized carbons (Fsp3) is 1.00. The van der Waals surface area contributed by atoms with Crippen molar-refractivity contribution >= 4 is 0 Å². The van der Waals surface area contributed by atoms with Gasteiger partial charge in [-0.25, -0.2) is 0 Å². The molecule has 2 aliphatic heterocycles. The van der Waals surface area contributed by atoms with Crippen LogP contribution in [0.15, 0.2) is 0 Å². The second-order valence-corrected chi connectivity index (χ2v) is 5.66. The van der Waals surface area contributed by atoms with E-state index in [2.05, 4.69) is 13.8 Å². The fourth-order valence-electron chi connectivity index (χ4n) is 2.48. The molecule has 0 spiro atoms. The van der Waals surface area contributed by atoms with Crippen molar-refractivity contribution in [3.05, 3.63) is 0 Å². The molecule has 0 bridgehead atoms. The summed E-state index contributed by atoms with van der Waals surface area (Å²) in [7, 11) is 0. The Morgan fingerprint density at radius 3 is 2.48 bits per heavy atom. The Hall–Kier alpha value is -0.200. The van der Waals surface area contributed by atoms with Crippen LogP contribution in [0.25, 0.3) is 0 Å². The van der Waals surface area contributed by atoms with Crippen molar-refractivity contribution in [3.8, 4) is 0 Å². The second kappa shape index (κ2) is 10.5. The number of hydrogen-bond acceptors (Lipinski definition) is 4. The highest BCUT2D eigenvalue weighted by Gasteiger charge is 2.35. The minimum Gasteiger partial charge on any atom is -0.412 e. The molecule has 0 amide bonds. The SMILES string of the molecule is CC.CC[C@@H]1C[C@@H](O)[C@H](C)O[C@H]1O[C@H](C)CCC1CO1.O. The van der Waals surface area contributed by atoms with Gasteiger partial charge in [0, 0.05) is 5.92 Å². The van der Waals surface area contributed by atoms with Gasteiger partial charge in [0.2, 0.25) is 0 Å². The van der Waals surface area contributed by atoms with Crippen LogP contribution in [0.4, 0.5) is 0 Å². The summed E-state index contributed by atoms with van der Waals surface area (Å²) in [4.78, 5) is 0. The molecule has 6 atom stereocenters. The molecule has 0 aliphatic carbocycles. The summed E-state index contributed by atoms with van der Waals surface area (Å²) in [6, 6.07) is 0. The predicted octanol–water partition coefficient (Wildman–Crippen LogP) is 2.29. The van der Waals surface area contributed by atoms with Gasteiger partial charge in [-0.3, -0.25) is 0 Å². The Balaban J connectivity index is 0.00000128. The van der Waals surface area contributed by atoms with E-state index >= 15 is 0 Å². The molecule has 2 fully saturated rings. The van der Waals surface area contributed by atoms with Crippen LogP contribution in [-0.2, 0) is 14.2 Å². The molecule has 0 aromatic rings. The van der Waals surface area contributed by atoms with E-state index < -0.39 is 0 Å². The third-order valence-corrected chi connectivity index (χ3v) is 4.01. The molecule has 5 heteroatoms. The van der Waals surface area contributed by atoms with E-state index in [0.717, 1.165) is 32.3 Å². The molecule has 2 rings (SSSR count). The lowest BCUT2D eigenvalue weighted by Gasteiger charge is -2.38. The molecule has 3 N–H and O–H groups in total. The number of aliphatic hydroxyl groups is 1. The van der Waals surface area contributed by atoms with Crippen LogP contribution in [0.5, 0.6) is 0 Å². The van der Waals surface area contributed by atoms with Gasteiger partial charge in [-0.1, -0.05) is 20.8 Å². The fourth-order valence-corrected chi connectivity index (χ4v) is 2.48. The van der Waals surface area contributed by atoms with Crippen LogP contribution < -0.4 is 0 Å². The van der Waals surface area contributed by atoms with Crippen molar-refractivity contribution < 1.29 is 24.8 Å². The summed E-state index contributed by atoms with van der Waals surface area (Å²) in [6.45, 7) is 11.0. The molecule has 2 aliphatic rings. The molecular weight excluding hydrogens is 272 g/mol. The average molecular weight is 306 g/mol. The summed E-state index contributed by atoms with van der Waals surface area (Å²) in [5, 5.41) is 9.82. The van der Waals surface area contributed by atoms with Crippen molar-refractivity contribution in [3.63, 3.8) is 0 Å². The lowest BCUT2D eigenvalue weighted by atomic mass is 9.92. The first-order chi connectivity index (χ1) is 9.60. The molecule has 2 heterocycles. The van der Waals surface area contributed by atoms with Gasteiger partial charge in [-0.05, 0) is 39.5 Å². The lowest BCUT2D eigenvalue weighted by Crippen LogP contribution is -2.45. The van der Waals surface area contributed by atoms with E-state index in [1.165, 1.54) is 0 Å². The van der Waals surface area contributed by atoms with Gasteiger partial charge in [0.25, 0.3) is 0 Å². The Bertz CT molecular complexity index is 257. The first kappa shape index (κ1) is 20.8. The maximum Gasteiger partial charge on any atom is 0.161 e. The molecular formula is C16H34O5. The lowest BCUT2D eigenvalue weighted by molar-refractivity contribution is -0.258. The van der Waals surface area contributed by atoms with Gasteiger partial charge in [0.1, 0.15) is 0 Å². The van der Waals surface area contributed by atoms with Crippen LogP contribution in [0.3, 0.4) is 0 Å². The molecule has 0 radical (unpaired) electrons. The average Bonchev–Trinajstić information content (AvgIpc) is 3.27. The van der Waals surface area contributed by atoms with Crippen LogP contribution in [-0.4, -0.2) is 47.9 Å². The monoisotopic (exact) mass is 306 g/mol. The van der Waals surface area contributed by atoms with Gasteiger partial charge in [0.05, 0.1) is 31.0 Å². The van der Waals surface area contributed by atoms with Gasteiger partial charge in [-0.15, -0.1) is 0 Å². The maximum absolute atomic E-state index is 9.82. The zero-order valence-corrected chi connectivity index (χ0v) is 14.2. The summed E-state index contributed by atoms with van der Waals surface area (Å²) >= 11 is 0. The standard InChI is InChI=1S/C14H26O4.C2H6.H2O/c1-4-11-7-13(15)10(3)18-14(11)17-9(2)5-6-12-8-16-12;1-2;/h9-15H,4-8H2,1-3H3;1-2H3;1H2/t9-,10+,11-,12?,13-,14-;;/m1../s1. The Morgan fingerprint density at radius 1 is 1.33 bits per heavy atom. The zero-order valence-electron chi connectivity index (χ0n) is 14.2. The number of epoxide rings is 1. The molecule has 0 aromatic carbocycles. The smallest absolute Gasteiger partial charge is 0.161 e. The molecule has 21 heavy (non-hydrogen) atoms. The van der Waals surface area contributed by atoms with Crippen molar-refractivity contribution in [1.82, 2.24) is 0 Å². The minimum atomic E-state index is -0.357. The highest BCUT2D eigenvalue weighted by Crippen LogP contribution is 2.30. The Kier molecular flexibility index (Phi) is 10.4. The summed E-state index contributed by atoms with van der Waals surface area (Å²) in [5.74, 6) is 0.302. The van der Waals surface area contributed by atoms with Crippen LogP contribution in [0, 0.1) is 5.92 Å². The summed E-state index contributed by atoms with van der Waals surface area (Å²) < 4.78 is 17.0. The van der Waals surface area contributed by atoms with Crippen molar-refractivity contribution in [2.75, 3.05) is 6.61 Å². The van der Waals surface area contributed by atoms with E-state index in [-0.39, 0.29) is 30.1 Å². The molecule has 2 saturated heterocycles. The van der Waals surface area contributed by atoms with Crippen LogP contribution in [0.2, 0.25) is 0 Å². The van der Waals surface area contributed by atoms with Gasteiger partial charge >= 0.3 is 0 Å². The number of ether oxygens (including phenoxy) is 3. The Morgan fingerprint density at radius 2 is 1.95 bits per heavy atom. The van der Waals surface area contributed by atoms with Crippen LogP contribution >= 0.6 is 0 Å². The molecule has 128 valence electrons. The van der Waals surface area contributed by atoms with Crippen molar-refractivity contribution in [2.45, 2.75) is 91.0 Å². The summed E-state index contributed by atoms with van der Waals surface area (Å²) in [6.07, 6.45) is 3.85. The normalized spacial score (nSPS) is 36.0. The van der Waals surface area contributed by atoms with Gasteiger partial charge in [-0.2, -0.15) is 0 Å².